The maximum Gasteiger partial charge on any atom is 0.267 e. The number of benzene rings is 2. The Labute approximate surface area is 152 Å². The number of nitriles is 1. The average molecular weight is 355 g/mol. The lowest BCUT2D eigenvalue weighted by atomic mass is 10.1. The molecule has 2 aromatic carbocycles. The number of anilines is 2. The van der Waals surface area contributed by atoms with Gasteiger partial charge in [0, 0.05) is 18.4 Å². The van der Waals surface area contributed by atoms with Gasteiger partial charge in [-0.3, -0.25) is 4.79 Å². The summed E-state index contributed by atoms with van der Waals surface area (Å²) >= 11 is 5.91. The van der Waals surface area contributed by atoms with Crippen molar-refractivity contribution in [2.75, 3.05) is 17.6 Å². The molecule has 0 aliphatic carbocycles. The third-order valence-corrected chi connectivity index (χ3v) is 3.88. The summed E-state index contributed by atoms with van der Waals surface area (Å²) < 4.78 is 0. The van der Waals surface area contributed by atoms with Crippen molar-refractivity contribution < 1.29 is 4.79 Å². The normalized spacial score (nSPS) is 10.8. The summed E-state index contributed by atoms with van der Waals surface area (Å²) in [5, 5.41) is 15.1. The lowest BCUT2D eigenvalue weighted by Gasteiger charge is -2.07. The van der Waals surface area contributed by atoms with Gasteiger partial charge >= 0.3 is 0 Å². The van der Waals surface area contributed by atoms with E-state index in [0.717, 1.165) is 6.42 Å². The lowest BCUT2D eigenvalue weighted by Crippen LogP contribution is -2.18. The molecule has 0 aliphatic heterocycles. The molecule has 0 heterocycles. The second-order valence-electron chi connectivity index (χ2n) is 5.55. The fourth-order valence-corrected chi connectivity index (χ4v) is 2.28. The second-order valence-corrected chi connectivity index (χ2v) is 5.96. The second kappa shape index (κ2) is 8.76. The maximum absolute atomic E-state index is 12.1. The third kappa shape index (κ3) is 5.55. The number of nitrogen functional groups attached to an aromatic ring is 1. The Bertz CT molecular complexity index is 822. The number of nitrogens with zero attached hydrogens (tertiary/aromatic N) is 1. The molecular formula is C19H19ClN4O. The minimum atomic E-state index is -0.508. The largest absolute Gasteiger partial charge is 0.398 e. The zero-order valence-electron chi connectivity index (χ0n) is 13.8. The molecule has 25 heavy (non-hydrogen) atoms. The molecule has 0 saturated carbocycles. The van der Waals surface area contributed by atoms with Crippen LogP contribution in [0.2, 0.25) is 5.02 Å². The topological polar surface area (TPSA) is 90.9 Å². The highest BCUT2D eigenvalue weighted by Gasteiger charge is 2.10. The summed E-state index contributed by atoms with van der Waals surface area (Å²) in [5.74, 6) is -0.508. The lowest BCUT2D eigenvalue weighted by molar-refractivity contribution is -0.112. The molecule has 6 heteroatoms. The van der Waals surface area contributed by atoms with Gasteiger partial charge in [0.2, 0.25) is 0 Å². The number of aryl methyl sites for hydroxylation is 1. The molecule has 0 aromatic heterocycles. The molecule has 2 rings (SSSR count). The molecule has 1 amide bonds. The molecule has 128 valence electrons. The number of nitrogens with two attached hydrogens (primary N) is 1. The summed E-state index contributed by atoms with van der Waals surface area (Å²) in [6, 6.07) is 14.9. The molecule has 0 unspecified atom stereocenters. The minimum absolute atomic E-state index is 0.0168. The Morgan fingerprint density at radius 1 is 1.28 bits per heavy atom. The van der Waals surface area contributed by atoms with Gasteiger partial charge in [0.05, 0.1) is 10.7 Å². The predicted octanol–water partition coefficient (Wildman–Crippen LogP) is 3.41. The van der Waals surface area contributed by atoms with Crippen LogP contribution in [0.3, 0.4) is 0 Å². The fourth-order valence-electron chi connectivity index (χ4n) is 2.10. The van der Waals surface area contributed by atoms with Crippen molar-refractivity contribution in [3.05, 3.63) is 70.4 Å². The molecule has 0 radical (unpaired) electrons. The van der Waals surface area contributed by atoms with Crippen molar-refractivity contribution >= 4 is 28.9 Å². The summed E-state index contributed by atoms with van der Waals surface area (Å²) in [7, 11) is 0. The number of hydrogen-bond donors (Lipinski definition) is 3. The van der Waals surface area contributed by atoms with E-state index in [9.17, 15) is 4.79 Å². The van der Waals surface area contributed by atoms with Crippen LogP contribution in [-0.2, 0) is 11.2 Å². The van der Waals surface area contributed by atoms with Crippen molar-refractivity contribution in [1.82, 2.24) is 5.32 Å². The van der Waals surface area contributed by atoms with Crippen molar-refractivity contribution in [1.29, 1.82) is 5.26 Å². The molecular weight excluding hydrogens is 336 g/mol. The number of rotatable bonds is 6. The van der Waals surface area contributed by atoms with E-state index in [1.54, 1.807) is 12.1 Å². The van der Waals surface area contributed by atoms with Crippen molar-refractivity contribution in [3.8, 4) is 6.07 Å². The SMILES string of the molecule is Cc1ccc(CCN/C=C(/C#N)C(=O)Nc2ccc(N)c(Cl)c2)cc1. The number of halogens is 1. The highest BCUT2D eigenvalue weighted by molar-refractivity contribution is 6.33. The standard InChI is InChI=1S/C19H19ClN4O/c1-13-2-4-14(5-3-13)8-9-23-12-15(11-21)19(25)24-16-6-7-18(22)17(20)10-16/h2-7,10,12,23H,8-9,22H2,1H3,(H,24,25)/b15-12-. The first-order chi connectivity index (χ1) is 12.0. The predicted molar refractivity (Wildman–Crippen MR) is 101 cm³/mol. The van der Waals surface area contributed by atoms with Crippen LogP contribution in [0, 0.1) is 18.3 Å². The zero-order chi connectivity index (χ0) is 18.2. The van der Waals surface area contributed by atoms with Gasteiger partial charge in [0.1, 0.15) is 11.6 Å². The van der Waals surface area contributed by atoms with E-state index in [2.05, 4.69) is 34.9 Å². The van der Waals surface area contributed by atoms with Gasteiger partial charge in [-0.05, 0) is 37.1 Å². The van der Waals surface area contributed by atoms with Gasteiger partial charge in [-0.25, -0.2) is 0 Å². The Morgan fingerprint density at radius 2 is 2.00 bits per heavy atom. The van der Waals surface area contributed by atoms with Gasteiger partial charge in [0.25, 0.3) is 5.91 Å². The van der Waals surface area contributed by atoms with Crippen LogP contribution in [0.15, 0.2) is 54.2 Å². The van der Waals surface area contributed by atoms with E-state index >= 15 is 0 Å². The summed E-state index contributed by atoms with van der Waals surface area (Å²) in [6.45, 7) is 2.66. The van der Waals surface area contributed by atoms with Gasteiger partial charge in [0.15, 0.2) is 0 Å². The minimum Gasteiger partial charge on any atom is -0.398 e. The van der Waals surface area contributed by atoms with Gasteiger partial charge in [-0.2, -0.15) is 5.26 Å². The van der Waals surface area contributed by atoms with Crippen LogP contribution in [0.1, 0.15) is 11.1 Å². The van der Waals surface area contributed by atoms with Crippen LogP contribution in [0.4, 0.5) is 11.4 Å². The Balaban J connectivity index is 1.90. The molecule has 5 nitrogen and oxygen atoms in total. The number of carbonyl (C=O) groups excluding carboxylic acids is 1. The highest BCUT2D eigenvalue weighted by atomic mass is 35.5. The maximum atomic E-state index is 12.1. The quantitative estimate of drug-likeness (QED) is 0.321. The summed E-state index contributed by atoms with van der Waals surface area (Å²) in [6.07, 6.45) is 2.22. The Hall–Kier alpha value is -2.97. The monoisotopic (exact) mass is 354 g/mol. The van der Waals surface area contributed by atoms with Crippen molar-refractivity contribution in [2.24, 2.45) is 0 Å². The number of amides is 1. The zero-order valence-corrected chi connectivity index (χ0v) is 14.6. The third-order valence-electron chi connectivity index (χ3n) is 3.55. The average Bonchev–Trinajstić information content (AvgIpc) is 2.59. The fraction of sp³-hybridized carbons (Fsp3) is 0.158. The van der Waals surface area contributed by atoms with E-state index in [4.69, 9.17) is 22.6 Å². The Morgan fingerprint density at radius 3 is 2.64 bits per heavy atom. The Kier molecular flexibility index (Phi) is 6.44. The molecule has 0 spiro atoms. The van der Waals surface area contributed by atoms with Gasteiger partial charge < -0.3 is 16.4 Å². The number of hydrogen-bond acceptors (Lipinski definition) is 4. The van der Waals surface area contributed by atoms with Gasteiger partial charge in [-0.1, -0.05) is 41.4 Å². The van der Waals surface area contributed by atoms with Crippen molar-refractivity contribution in [2.45, 2.75) is 13.3 Å². The number of nitrogens with one attached hydrogen (secondary N) is 2. The van der Waals surface area contributed by atoms with Crippen LogP contribution in [0.25, 0.3) is 0 Å². The van der Waals surface area contributed by atoms with Crippen LogP contribution in [0.5, 0.6) is 0 Å². The van der Waals surface area contributed by atoms with E-state index in [-0.39, 0.29) is 5.57 Å². The molecule has 0 bridgehead atoms. The van der Waals surface area contributed by atoms with E-state index in [0.29, 0.717) is 22.9 Å². The molecule has 2 aromatic rings. The molecule has 0 saturated heterocycles. The van der Waals surface area contributed by atoms with E-state index < -0.39 is 5.91 Å². The molecule has 0 aliphatic rings. The molecule has 0 atom stereocenters. The van der Waals surface area contributed by atoms with E-state index in [1.165, 1.54) is 23.4 Å². The molecule has 0 fully saturated rings. The molecule has 4 N–H and O–H groups in total. The van der Waals surface area contributed by atoms with Crippen molar-refractivity contribution in [3.63, 3.8) is 0 Å². The highest BCUT2D eigenvalue weighted by Crippen LogP contribution is 2.22. The number of carbonyl (C=O) groups is 1. The first-order valence-electron chi connectivity index (χ1n) is 7.75. The summed E-state index contributed by atoms with van der Waals surface area (Å²) in [4.78, 5) is 12.1. The van der Waals surface area contributed by atoms with E-state index in [1.807, 2.05) is 13.0 Å². The first-order valence-corrected chi connectivity index (χ1v) is 8.13. The summed E-state index contributed by atoms with van der Waals surface area (Å²) in [5.41, 5.74) is 8.91. The first kappa shape index (κ1) is 18.4. The van der Waals surface area contributed by atoms with Gasteiger partial charge in [-0.15, -0.1) is 0 Å². The van der Waals surface area contributed by atoms with Crippen LogP contribution < -0.4 is 16.4 Å². The van der Waals surface area contributed by atoms with Crippen LogP contribution in [-0.4, -0.2) is 12.5 Å². The van der Waals surface area contributed by atoms with Crippen LogP contribution >= 0.6 is 11.6 Å². The smallest absolute Gasteiger partial charge is 0.267 e.